The molecular weight excluding hydrogens is 356 g/mol. The van der Waals surface area contributed by atoms with Crippen LogP contribution in [0.2, 0.25) is 5.02 Å². The van der Waals surface area contributed by atoms with Gasteiger partial charge >= 0.3 is 0 Å². The molecule has 1 unspecified atom stereocenters. The summed E-state index contributed by atoms with van der Waals surface area (Å²) in [7, 11) is 0. The molecule has 1 saturated heterocycles. The molecule has 0 aliphatic carbocycles. The van der Waals surface area contributed by atoms with Crippen LogP contribution in [0.1, 0.15) is 23.2 Å². The third-order valence-corrected chi connectivity index (χ3v) is 5.66. The SMILES string of the molecule is O=C(c1ccccc1Cl)N(CC1CCCO1)c1nc2ccccc2s1. The number of anilines is 1. The molecule has 2 aromatic carbocycles. The van der Waals surface area contributed by atoms with Gasteiger partial charge in [0.15, 0.2) is 5.13 Å². The summed E-state index contributed by atoms with van der Waals surface area (Å²) in [6.45, 7) is 1.24. The number of aromatic nitrogens is 1. The maximum absolute atomic E-state index is 13.2. The van der Waals surface area contributed by atoms with E-state index in [9.17, 15) is 4.79 Å². The van der Waals surface area contributed by atoms with Crippen LogP contribution in [-0.4, -0.2) is 30.1 Å². The summed E-state index contributed by atoms with van der Waals surface area (Å²) in [6.07, 6.45) is 2.02. The number of nitrogens with zero attached hydrogens (tertiary/aromatic N) is 2. The molecule has 4 rings (SSSR count). The van der Waals surface area contributed by atoms with Gasteiger partial charge in [-0.3, -0.25) is 9.69 Å². The summed E-state index contributed by atoms with van der Waals surface area (Å²) >= 11 is 7.76. The van der Waals surface area contributed by atoms with Crippen LogP contribution < -0.4 is 4.90 Å². The van der Waals surface area contributed by atoms with Crippen molar-refractivity contribution in [2.45, 2.75) is 18.9 Å². The Morgan fingerprint density at radius 3 is 2.80 bits per heavy atom. The minimum atomic E-state index is -0.139. The molecule has 1 atom stereocenters. The maximum Gasteiger partial charge on any atom is 0.261 e. The van der Waals surface area contributed by atoms with E-state index in [-0.39, 0.29) is 12.0 Å². The van der Waals surface area contributed by atoms with Crippen molar-refractivity contribution >= 4 is 44.2 Å². The van der Waals surface area contributed by atoms with Crippen LogP contribution in [0.25, 0.3) is 10.2 Å². The molecule has 4 nitrogen and oxygen atoms in total. The predicted molar refractivity (Wildman–Crippen MR) is 102 cm³/mol. The fourth-order valence-electron chi connectivity index (χ4n) is 3.00. The van der Waals surface area contributed by atoms with E-state index < -0.39 is 0 Å². The number of carbonyl (C=O) groups is 1. The highest BCUT2D eigenvalue weighted by Gasteiger charge is 2.27. The molecule has 0 radical (unpaired) electrons. The van der Waals surface area contributed by atoms with E-state index in [1.54, 1.807) is 17.0 Å². The molecule has 6 heteroatoms. The van der Waals surface area contributed by atoms with E-state index >= 15 is 0 Å². The minimum absolute atomic E-state index is 0.0402. The number of thiazole rings is 1. The first-order valence-corrected chi connectivity index (χ1v) is 9.45. The highest BCUT2D eigenvalue weighted by Crippen LogP contribution is 2.31. The summed E-state index contributed by atoms with van der Waals surface area (Å²) in [5, 5.41) is 1.13. The molecule has 1 fully saturated rings. The highest BCUT2D eigenvalue weighted by atomic mass is 35.5. The van der Waals surface area contributed by atoms with Gasteiger partial charge in [0.25, 0.3) is 5.91 Å². The zero-order valence-electron chi connectivity index (χ0n) is 13.5. The number of para-hydroxylation sites is 1. The van der Waals surface area contributed by atoms with Crippen LogP contribution in [0.5, 0.6) is 0 Å². The number of fused-ring (bicyclic) bond motifs is 1. The zero-order valence-corrected chi connectivity index (χ0v) is 15.1. The number of benzene rings is 2. The molecule has 1 aliphatic heterocycles. The fourth-order valence-corrected chi connectivity index (χ4v) is 4.19. The molecule has 1 aromatic heterocycles. The number of amides is 1. The van der Waals surface area contributed by atoms with Gasteiger partial charge in [0, 0.05) is 6.61 Å². The monoisotopic (exact) mass is 372 g/mol. The summed E-state index contributed by atoms with van der Waals surface area (Å²) in [6, 6.07) is 15.0. The maximum atomic E-state index is 13.2. The van der Waals surface area contributed by atoms with Crippen molar-refractivity contribution in [3.8, 4) is 0 Å². The Bertz CT molecular complexity index is 872. The first-order chi connectivity index (χ1) is 12.2. The van der Waals surface area contributed by atoms with Gasteiger partial charge in [0.2, 0.25) is 0 Å². The predicted octanol–water partition coefficient (Wildman–Crippen LogP) is 4.78. The minimum Gasteiger partial charge on any atom is -0.376 e. The second-order valence-electron chi connectivity index (χ2n) is 5.99. The molecule has 25 heavy (non-hydrogen) atoms. The lowest BCUT2D eigenvalue weighted by atomic mass is 10.1. The van der Waals surface area contributed by atoms with Crippen molar-refractivity contribution in [1.29, 1.82) is 0 Å². The normalized spacial score (nSPS) is 17.1. The van der Waals surface area contributed by atoms with Crippen molar-refractivity contribution < 1.29 is 9.53 Å². The molecule has 128 valence electrons. The van der Waals surface area contributed by atoms with Crippen LogP contribution in [0.15, 0.2) is 48.5 Å². The summed E-state index contributed by atoms with van der Waals surface area (Å²) in [5.74, 6) is -0.139. The number of rotatable bonds is 4. The van der Waals surface area contributed by atoms with Crippen LogP contribution in [-0.2, 0) is 4.74 Å². The highest BCUT2D eigenvalue weighted by molar-refractivity contribution is 7.22. The topological polar surface area (TPSA) is 42.4 Å². The van der Waals surface area contributed by atoms with Crippen molar-refractivity contribution in [3.05, 3.63) is 59.1 Å². The molecule has 1 aliphatic rings. The second kappa shape index (κ2) is 7.12. The van der Waals surface area contributed by atoms with Gasteiger partial charge in [-0.05, 0) is 37.1 Å². The summed E-state index contributed by atoms with van der Waals surface area (Å²) in [5.41, 5.74) is 1.38. The van der Waals surface area contributed by atoms with Gasteiger partial charge in [-0.15, -0.1) is 0 Å². The lowest BCUT2D eigenvalue weighted by molar-refractivity contribution is 0.0917. The van der Waals surface area contributed by atoms with E-state index in [4.69, 9.17) is 16.3 Å². The fraction of sp³-hybridized carbons (Fsp3) is 0.263. The second-order valence-corrected chi connectivity index (χ2v) is 7.41. The van der Waals surface area contributed by atoms with Crippen molar-refractivity contribution in [1.82, 2.24) is 4.98 Å². The van der Waals surface area contributed by atoms with Gasteiger partial charge in [0.05, 0.1) is 33.5 Å². The first kappa shape index (κ1) is 16.5. The van der Waals surface area contributed by atoms with Gasteiger partial charge < -0.3 is 4.74 Å². The van der Waals surface area contributed by atoms with Crippen molar-refractivity contribution in [2.75, 3.05) is 18.1 Å². The summed E-state index contributed by atoms with van der Waals surface area (Å²) in [4.78, 5) is 19.5. The Balaban J connectivity index is 1.72. The average Bonchev–Trinajstić information content (AvgIpc) is 3.28. The van der Waals surface area contributed by atoms with Crippen LogP contribution in [0, 0.1) is 0 Å². The van der Waals surface area contributed by atoms with E-state index in [1.165, 1.54) is 11.3 Å². The number of ether oxygens (including phenoxy) is 1. The average molecular weight is 373 g/mol. The van der Waals surface area contributed by atoms with Crippen LogP contribution >= 0.6 is 22.9 Å². The number of halogens is 1. The van der Waals surface area contributed by atoms with Crippen molar-refractivity contribution in [3.63, 3.8) is 0 Å². The lowest BCUT2D eigenvalue weighted by Gasteiger charge is -2.23. The van der Waals surface area contributed by atoms with Gasteiger partial charge in [0.1, 0.15) is 0 Å². The molecule has 0 N–H and O–H groups in total. The Kier molecular flexibility index (Phi) is 4.70. The smallest absolute Gasteiger partial charge is 0.261 e. The van der Waals surface area contributed by atoms with E-state index in [1.807, 2.05) is 36.4 Å². The Hall–Kier alpha value is -1.95. The Labute approximate surface area is 155 Å². The number of hydrogen-bond acceptors (Lipinski definition) is 4. The van der Waals surface area contributed by atoms with E-state index in [0.717, 1.165) is 29.7 Å². The molecule has 2 heterocycles. The zero-order chi connectivity index (χ0) is 17.2. The van der Waals surface area contributed by atoms with E-state index in [2.05, 4.69) is 4.98 Å². The van der Waals surface area contributed by atoms with Crippen LogP contribution in [0.3, 0.4) is 0 Å². The Morgan fingerprint density at radius 1 is 1.24 bits per heavy atom. The lowest BCUT2D eigenvalue weighted by Crippen LogP contribution is -2.37. The third-order valence-electron chi connectivity index (χ3n) is 4.27. The standard InChI is InChI=1S/C19H17ClN2O2S/c20-15-8-2-1-7-14(15)18(23)22(12-13-6-5-11-24-13)19-21-16-9-3-4-10-17(16)25-19/h1-4,7-10,13H,5-6,11-12H2. The van der Waals surface area contributed by atoms with Gasteiger partial charge in [-0.1, -0.05) is 47.2 Å². The number of hydrogen-bond donors (Lipinski definition) is 0. The van der Waals surface area contributed by atoms with Crippen molar-refractivity contribution in [2.24, 2.45) is 0 Å². The molecule has 0 bridgehead atoms. The van der Waals surface area contributed by atoms with Crippen LogP contribution in [0.4, 0.5) is 5.13 Å². The van der Waals surface area contributed by atoms with Gasteiger partial charge in [-0.2, -0.15) is 0 Å². The molecular formula is C19H17ClN2O2S. The molecule has 3 aromatic rings. The molecule has 0 spiro atoms. The quantitative estimate of drug-likeness (QED) is 0.662. The molecule has 0 saturated carbocycles. The third kappa shape index (κ3) is 3.40. The summed E-state index contributed by atoms with van der Waals surface area (Å²) < 4.78 is 6.80. The molecule has 1 amide bonds. The van der Waals surface area contributed by atoms with Gasteiger partial charge in [-0.25, -0.2) is 4.98 Å². The van der Waals surface area contributed by atoms with E-state index in [0.29, 0.717) is 22.3 Å². The Morgan fingerprint density at radius 2 is 2.04 bits per heavy atom. The first-order valence-electron chi connectivity index (χ1n) is 8.26. The largest absolute Gasteiger partial charge is 0.376 e. The number of carbonyl (C=O) groups excluding carboxylic acids is 1.